The molecule has 118 valence electrons. The largest absolute Gasteiger partial charge is 0.422 e. The van der Waals surface area contributed by atoms with Crippen LogP contribution in [0.2, 0.25) is 0 Å². The third kappa shape index (κ3) is 2.55. The van der Waals surface area contributed by atoms with Crippen molar-refractivity contribution in [1.29, 1.82) is 0 Å². The highest BCUT2D eigenvalue weighted by Crippen LogP contribution is 2.29. The fraction of sp³-hybridized carbons (Fsp3) is 0.100. The smallest absolute Gasteiger partial charge is 0.346 e. The lowest BCUT2D eigenvalue weighted by Gasteiger charge is -2.02. The van der Waals surface area contributed by atoms with Crippen molar-refractivity contribution in [1.82, 2.24) is 4.98 Å². The molecule has 2 aromatic carbocycles. The lowest BCUT2D eigenvalue weighted by Crippen LogP contribution is -2.02. The first-order chi connectivity index (χ1) is 11.6. The average molecular weight is 333 g/mol. The normalized spacial score (nSPS) is 11.1. The van der Waals surface area contributed by atoms with Crippen LogP contribution in [-0.4, -0.2) is 4.98 Å². The summed E-state index contributed by atoms with van der Waals surface area (Å²) in [7, 11) is 0. The van der Waals surface area contributed by atoms with Gasteiger partial charge in [-0.15, -0.1) is 11.3 Å². The molecule has 0 fully saturated rings. The monoisotopic (exact) mass is 333 g/mol. The number of hydrogen-bond donors (Lipinski definition) is 0. The van der Waals surface area contributed by atoms with E-state index in [-0.39, 0.29) is 5.63 Å². The maximum absolute atomic E-state index is 12.3. The van der Waals surface area contributed by atoms with Crippen molar-refractivity contribution in [2.75, 3.05) is 0 Å². The van der Waals surface area contributed by atoms with Crippen molar-refractivity contribution in [2.24, 2.45) is 0 Å². The van der Waals surface area contributed by atoms with Gasteiger partial charge in [-0.05, 0) is 43.2 Å². The molecule has 0 spiro atoms. The second-order valence-corrected chi connectivity index (χ2v) is 6.68. The standard InChI is InChI=1S/C20H15NO2S/c1-12-7-8-14(9-13(12)2)17-11-24-19(21-17)16-10-15-5-3-4-6-18(15)23-20(16)22/h3-11H,1-2H3. The van der Waals surface area contributed by atoms with Crippen LogP contribution in [0.25, 0.3) is 32.8 Å². The molecular weight excluding hydrogens is 318 g/mol. The summed E-state index contributed by atoms with van der Waals surface area (Å²) in [5.74, 6) is 0. The first kappa shape index (κ1) is 14.8. The molecule has 0 N–H and O–H groups in total. The predicted molar refractivity (Wildman–Crippen MR) is 98.5 cm³/mol. The van der Waals surface area contributed by atoms with E-state index in [2.05, 4.69) is 37.0 Å². The molecule has 2 aromatic heterocycles. The van der Waals surface area contributed by atoms with Crippen LogP contribution >= 0.6 is 11.3 Å². The van der Waals surface area contributed by atoms with Gasteiger partial charge in [0.05, 0.1) is 11.3 Å². The number of rotatable bonds is 2. The maximum Gasteiger partial charge on any atom is 0.346 e. The third-order valence-corrected chi connectivity index (χ3v) is 5.05. The highest BCUT2D eigenvalue weighted by Gasteiger charge is 2.13. The van der Waals surface area contributed by atoms with Gasteiger partial charge in [-0.2, -0.15) is 0 Å². The van der Waals surface area contributed by atoms with Crippen LogP contribution in [-0.2, 0) is 0 Å². The molecule has 4 aromatic rings. The Morgan fingerprint density at radius 1 is 1.00 bits per heavy atom. The molecule has 4 heteroatoms. The van der Waals surface area contributed by atoms with Crippen LogP contribution in [0.1, 0.15) is 11.1 Å². The van der Waals surface area contributed by atoms with E-state index in [1.807, 2.05) is 29.6 Å². The second kappa shape index (κ2) is 5.73. The first-order valence-electron chi connectivity index (χ1n) is 7.68. The molecule has 0 radical (unpaired) electrons. The van der Waals surface area contributed by atoms with E-state index in [9.17, 15) is 4.79 Å². The Morgan fingerprint density at radius 2 is 1.83 bits per heavy atom. The summed E-state index contributed by atoms with van der Waals surface area (Å²) in [4.78, 5) is 16.9. The molecule has 0 bridgehead atoms. The molecular formula is C20H15NO2S. The van der Waals surface area contributed by atoms with Gasteiger partial charge < -0.3 is 4.42 Å². The SMILES string of the molecule is Cc1ccc(-c2csc(-c3cc4ccccc4oc3=O)n2)cc1C. The van der Waals surface area contributed by atoms with Crippen molar-refractivity contribution in [3.8, 4) is 21.8 Å². The van der Waals surface area contributed by atoms with Crippen molar-refractivity contribution in [3.05, 3.63) is 75.5 Å². The predicted octanol–water partition coefficient (Wildman–Crippen LogP) is 5.20. The number of thiazole rings is 1. The highest BCUT2D eigenvalue weighted by molar-refractivity contribution is 7.13. The van der Waals surface area contributed by atoms with Gasteiger partial charge in [0, 0.05) is 16.3 Å². The minimum atomic E-state index is -0.352. The number of benzene rings is 2. The van der Waals surface area contributed by atoms with E-state index in [0.717, 1.165) is 16.6 Å². The van der Waals surface area contributed by atoms with E-state index < -0.39 is 0 Å². The summed E-state index contributed by atoms with van der Waals surface area (Å²) in [6.45, 7) is 4.18. The molecule has 0 aliphatic heterocycles. The van der Waals surface area contributed by atoms with Gasteiger partial charge in [0.25, 0.3) is 0 Å². The molecule has 0 aliphatic rings. The van der Waals surface area contributed by atoms with Gasteiger partial charge in [-0.3, -0.25) is 0 Å². The van der Waals surface area contributed by atoms with Gasteiger partial charge in [0.15, 0.2) is 0 Å². The molecule has 0 aliphatic carbocycles. The summed E-state index contributed by atoms with van der Waals surface area (Å²) < 4.78 is 5.41. The summed E-state index contributed by atoms with van der Waals surface area (Å²) in [5, 5.41) is 3.56. The fourth-order valence-electron chi connectivity index (χ4n) is 2.64. The zero-order valence-corrected chi connectivity index (χ0v) is 14.2. The number of nitrogens with zero attached hydrogens (tertiary/aromatic N) is 1. The Balaban J connectivity index is 1.81. The summed E-state index contributed by atoms with van der Waals surface area (Å²) >= 11 is 1.46. The summed E-state index contributed by atoms with van der Waals surface area (Å²) in [5.41, 5.74) is 5.17. The molecule has 0 atom stereocenters. The number of aryl methyl sites for hydroxylation is 2. The Hall–Kier alpha value is -2.72. The average Bonchev–Trinajstić information content (AvgIpc) is 3.06. The minimum Gasteiger partial charge on any atom is -0.422 e. The van der Waals surface area contributed by atoms with Gasteiger partial charge in [-0.1, -0.05) is 30.3 Å². The van der Waals surface area contributed by atoms with E-state index in [1.165, 1.54) is 22.5 Å². The van der Waals surface area contributed by atoms with Gasteiger partial charge in [0.2, 0.25) is 0 Å². The first-order valence-corrected chi connectivity index (χ1v) is 8.56. The number of aromatic nitrogens is 1. The van der Waals surface area contributed by atoms with Crippen molar-refractivity contribution in [2.45, 2.75) is 13.8 Å². The molecule has 2 heterocycles. The maximum atomic E-state index is 12.3. The number of hydrogen-bond acceptors (Lipinski definition) is 4. The number of para-hydroxylation sites is 1. The zero-order valence-electron chi connectivity index (χ0n) is 13.4. The topological polar surface area (TPSA) is 43.1 Å². The zero-order chi connectivity index (χ0) is 16.7. The molecule has 0 saturated heterocycles. The van der Waals surface area contributed by atoms with Crippen LogP contribution in [0, 0.1) is 13.8 Å². The number of fused-ring (bicyclic) bond motifs is 1. The van der Waals surface area contributed by atoms with E-state index >= 15 is 0 Å². The van der Waals surface area contributed by atoms with Crippen molar-refractivity contribution in [3.63, 3.8) is 0 Å². The van der Waals surface area contributed by atoms with Crippen LogP contribution < -0.4 is 5.63 Å². The fourth-order valence-corrected chi connectivity index (χ4v) is 3.47. The molecule has 3 nitrogen and oxygen atoms in total. The van der Waals surface area contributed by atoms with Crippen LogP contribution in [0.15, 0.2) is 63.1 Å². The lowest BCUT2D eigenvalue weighted by atomic mass is 10.1. The molecule has 0 unspecified atom stereocenters. The Kier molecular flexibility index (Phi) is 3.54. The molecule has 0 saturated carbocycles. The van der Waals surface area contributed by atoms with Gasteiger partial charge in [-0.25, -0.2) is 9.78 Å². The summed E-state index contributed by atoms with van der Waals surface area (Å²) in [6.07, 6.45) is 0. The quantitative estimate of drug-likeness (QED) is 0.474. The van der Waals surface area contributed by atoms with Crippen LogP contribution in [0.4, 0.5) is 0 Å². The molecule has 4 rings (SSSR count). The van der Waals surface area contributed by atoms with E-state index in [4.69, 9.17) is 4.42 Å². The van der Waals surface area contributed by atoms with E-state index in [1.54, 1.807) is 6.07 Å². The van der Waals surface area contributed by atoms with Crippen LogP contribution in [0.5, 0.6) is 0 Å². The summed E-state index contributed by atoms with van der Waals surface area (Å²) in [6, 6.07) is 15.6. The Bertz CT molecular complexity index is 1110. The van der Waals surface area contributed by atoms with Gasteiger partial charge >= 0.3 is 5.63 Å². The Morgan fingerprint density at radius 3 is 2.67 bits per heavy atom. The Labute approximate surface area is 143 Å². The second-order valence-electron chi connectivity index (χ2n) is 5.82. The molecule has 0 amide bonds. The van der Waals surface area contributed by atoms with E-state index in [0.29, 0.717) is 16.2 Å². The third-order valence-electron chi connectivity index (χ3n) is 4.18. The molecule has 24 heavy (non-hydrogen) atoms. The van der Waals surface area contributed by atoms with Crippen molar-refractivity contribution < 1.29 is 4.42 Å². The lowest BCUT2D eigenvalue weighted by molar-refractivity contribution is 0.563. The van der Waals surface area contributed by atoms with Crippen LogP contribution in [0.3, 0.4) is 0 Å². The van der Waals surface area contributed by atoms with Gasteiger partial charge in [0.1, 0.15) is 10.6 Å². The van der Waals surface area contributed by atoms with Crippen molar-refractivity contribution >= 4 is 22.3 Å². The highest BCUT2D eigenvalue weighted by atomic mass is 32.1. The minimum absolute atomic E-state index is 0.352.